The Bertz CT molecular complexity index is 1430. The van der Waals surface area contributed by atoms with Crippen LogP contribution in [0.4, 0.5) is 0 Å². The molecule has 0 amide bonds. The van der Waals surface area contributed by atoms with Crippen LogP contribution >= 0.6 is 0 Å². The van der Waals surface area contributed by atoms with Crippen LogP contribution in [0.25, 0.3) is 0 Å². The number of carbonyl (C=O) groups is 1. The van der Waals surface area contributed by atoms with Crippen molar-refractivity contribution < 1.29 is 37.6 Å². The van der Waals surface area contributed by atoms with Crippen molar-refractivity contribution in [3.05, 3.63) is 102 Å². The van der Waals surface area contributed by atoms with Gasteiger partial charge in [-0.3, -0.25) is 4.79 Å². The zero-order chi connectivity index (χ0) is 34.3. The minimum Gasteiger partial charge on any atom is -0.497 e. The Kier molecular flexibility index (Phi) is 12.2. The summed E-state index contributed by atoms with van der Waals surface area (Å²) >= 11 is 0. The van der Waals surface area contributed by atoms with Crippen LogP contribution in [0, 0.1) is 11.8 Å². The molecule has 9 heteroatoms. The number of hydrogen-bond donors (Lipinski definition) is 0. The molecule has 3 aromatic carbocycles. The highest BCUT2D eigenvalue weighted by Gasteiger charge is 2.63. The number of rotatable bonds is 15. The van der Waals surface area contributed by atoms with Crippen LogP contribution in [-0.4, -0.2) is 58.7 Å². The summed E-state index contributed by atoms with van der Waals surface area (Å²) in [5.74, 6) is -0.150. The molecule has 3 aromatic rings. The van der Waals surface area contributed by atoms with Gasteiger partial charge in [-0.25, -0.2) is 0 Å². The summed E-state index contributed by atoms with van der Waals surface area (Å²) < 4.78 is 45.1. The van der Waals surface area contributed by atoms with E-state index < -0.39 is 39.0 Å². The summed E-state index contributed by atoms with van der Waals surface area (Å²) in [5.41, 5.74) is 3.09. The second-order valence-electron chi connectivity index (χ2n) is 14.2. The molecule has 0 radical (unpaired) electrons. The Morgan fingerprint density at radius 1 is 0.750 bits per heavy atom. The molecule has 1 saturated carbocycles. The van der Waals surface area contributed by atoms with Crippen LogP contribution in [-0.2, 0) is 52.7 Å². The van der Waals surface area contributed by atoms with Gasteiger partial charge in [0.25, 0.3) is 0 Å². The van der Waals surface area contributed by atoms with Gasteiger partial charge in [-0.05, 0) is 53.9 Å². The highest BCUT2D eigenvalue weighted by molar-refractivity contribution is 6.74. The first-order chi connectivity index (χ1) is 23.0. The lowest BCUT2D eigenvalue weighted by Crippen LogP contribution is -2.71. The Morgan fingerprint density at radius 2 is 1.29 bits per heavy atom. The van der Waals surface area contributed by atoms with Crippen molar-refractivity contribution >= 4 is 14.3 Å². The minimum atomic E-state index is -2.33. The van der Waals surface area contributed by atoms with Gasteiger partial charge in [0.15, 0.2) is 14.6 Å². The predicted molar refractivity (Wildman–Crippen MR) is 187 cm³/mol. The van der Waals surface area contributed by atoms with Crippen molar-refractivity contribution in [1.29, 1.82) is 0 Å². The van der Waals surface area contributed by atoms with Crippen LogP contribution in [0.15, 0.2) is 84.9 Å². The van der Waals surface area contributed by atoms with Gasteiger partial charge in [0.2, 0.25) is 0 Å². The molecule has 1 unspecified atom stereocenters. The third-order valence-electron chi connectivity index (χ3n) is 9.96. The topological polar surface area (TPSA) is 81.7 Å². The summed E-state index contributed by atoms with van der Waals surface area (Å²) in [6, 6.07) is 28.0. The van der Waals surface area contributed by atoms with Crippen LogP contribution < -0.4 is 4.74 Å². The molecule has 0 N–H and O–H groups in total. The first kappa shape index (κ1) is 36.2. The largest absolute Gasteiger partial charge is 0.497 e. The maximum absolute atomic E-state index is 13.3. The third kappa shape index (κ3) is 8.75. The highest BCUT2D eigenvalue weighted by Crippen LogP contribution is 2.51. The molecule has 2 bridgehead atoms. The summed E-state index contributed by atoms with van der Waals surface area (Å²) in [7, 11) is -0.685. The zero-order valence-electron chi connectivity index (χ0n) is 29.4. The maximum Gasteiger partial charge on any atom is 0.306 e. The van der Waals surface area contributed by atoms with Gasteiger partial charge in [-0.1, -0.05) is 93.6 Å². The van der Waals surface area contributed by atoms with Gasteiger partial charge in [-0.2, -0.15) is 0 Å². The fourth-order valence-corrected chi connectivity index (χ4v) is 7.71. The van der Waals surface area contributed by atoms with Gasteiger partial charge in [0.05, 0.1) is 52.2 Å². The molecule has 3 aliphatic rings. The second kappa shape index (κ2) is 16.1. The third-order valence-corrected chi connectivity index (χ3v) is 14.4. The van der Waals surface area contributed by atoms with Gasteiger partial charge in [0, 0.05) is 11.8 Å². The first-order valence-corrected chi connectivity index (χ1v) is 20.0. The maximum atomic E-state index is 13.3. The van der Waals surface area contributed by atoms with E-state index in [4.69, 9.17) is 32.8 Å². The van der Waals surface area contributed by atoms with Crippen molar-refractivity contribution in [3.63, 3.8) is 0 Å². The van der Waals surface area contributed by atoms with Crippen molar-refractivity contribution in [2.24, 2.45) is 11.8 Å². The van der Waals surface area contributed by atoms with Crippen molar-refractivity contribution in [2.45, 2.75) is 103 Å². The summed E-state index contributed by atoms with van der Waals surface area (Å²) in [4.78, 5) is 13.3. The van der Waals surface area contributed by atoms with E-state index in [1.165, 1.54) is 0 Å². The lowest BCUT2D eigenvalue weighted by molar-refractivity contribution is -0.361. The monoisotopic (exact) mass is 676 g/mol. The Balaban J connectivity index is 1.53. The standard InChI is InChI=1S/C39H52O8Si/c1-8-42-32(40)23-31-33-35(43-24-27-15-11-9-12-16-27)36(44-25-28-17-13-10-14-18-28)37(34(31)47-48(6,7)39(2,3)4)46-38(33)45-26-29-19-21-30(41-5)22-20-29/h9-22,31,33-38H,8,23-26H2,1-7H3/t31?,33-,34+,35-,36+,37-,38+/m1/s1. The van der Waals surface area contributed by atoms with E-state index in [1.54, 1.807) is 7.11 Å². The summed E-state index contributed by atoms with van der Waals surface area (Å²) in [6.07, 6.45) is -2.36. The smallest absolute Gasteiger partial charge is 0.306 e. The summed E-state index contributed by atoms with van der Waals surface area (Å²) in [5, 5.41) is -0.0635. The van der Waals surface area contributed by atoms with E-state index in [0.29, 0.717) is 26.4 Å². The minimum absolute atomic E-state index is 0.0635. The quantitative estimate of drug-likeness (QED) is 0.120. The molecular formula is C39H52O8Si. The van der Waals surface area contributed by atoms with Crippen molar-refractivity contribution in [3.8, 4) is 5.75 Å². The Labute approximate surface area is 287 Å². The molecule has 48 heavy (non-hydrogen) atoms. The Morgan fingerprint density at radius 3 is 1.83 bits per heavy atom. The molecule has 7 atom stereocenters. The summed E-state index contributed by atoms with van der Waals surface area (Å²) in [6.45, 7) is 14.3. The van der Waals surface area contributed by atoms with E-state index in [9.17, 15) is 4.79 Å². The molecular weight excluding hydrogens is 625 g/mol. The number of esters is 1. The van der Waals surface area contributed by atoms with Crippen LogP contribution in [0.5, 0.6) is 5.75 Å². The number of carbonyl (C=O) groups excluding carboxylic acids is 1. The van der Waals surface area contributed by atoms with Gasteiger partial charge >= 0.3 is 5.97 Å². The van der Waals surface area contributed by atoms with Gasteiger partial charge in [0.1, 0.15) is 18.0 Å². The zero-order valence-corrected chi connectivity index (χ0v) is 30.4. The van der Waals surface area contributed by atoms with Crippen LogP contribution in [0.1, 0.15) is 50.8 Å². The van der Waals surface area contributed by atoms with E-state index in [-0.39, 0.29) is 29.3 Å². The number of fused-ring (bicyclic) bond motifs is 3. The fraction of sp³-hybridized carbons (Fsp3) is 0.513. The molecule has 2 saturated heterocycles. The fourth-order valence-electron chi connectivity index (χ4n) is 6.37. The van der Waals surface area contributed by atoms with Crippen LogP contribution in [0.3, 0.4) is 0 Å². The number of methoxy groups -OCH3 is 1. The Hall–Kier alpha value is -3.05. The van der Waals surface area contributed by atoms with Crippen molar-refractivity contribution in [2.75, 3.05) is 13.7 Å². The molecule has 1 aliphatic carbocycles. The molecule has 2 heterocycles. The van der Waals surface area contributed by atoms with E-state index in [0.717, 1.165) is 22.4 Å². The molecule has 260 valence electrons. The second-order valence-corrected chi connectivity index (χ2v) is 19.0. The van der Waals surface area contributed by atoms with E-state index in [2.05, 4.69) is 58.1 Å². The number of benzene rings is 3. The number of hydrogen-bond acceptors (Lipinski definition) is 8. The predicted octanol–water partition coefficient (Wildman–Crippen LogP) is 7.70. The molecule has 8 nitrogen and oxygen atoms in total. The van der Waals surface area contributed by atoms with Gasteiger partial charge in [-0.15, -0.1) is 0 Å². The highest BCUT2D eigenvalue weighted by atomic mass is 28.4. The first-order valence-electron chi connectivity index (χ1n) is 17.0. The molecule has 0 aromatic heterocycles. The lowest BCUT2D eigenvalue weighted by Gasteiger charge is -2.59. The molecule has 6 rings (SSSR count). The van der Waals surface area contributed by atoms with E-state index >= 15 is 0 Å². The molecule has 0 spiro atoms. The van der Waals surface area contributed by atoms with Crippen LogP contribution in [0.2, 0.25) is 18.1 Å². The average molecular weight is 677 g/mol. The van der Waals surface area contributed by atoms with Crippen molar-refractivity contribution in [1.82, 2.24) is 0 Å². The van der Waals surface area contributed by atoms with Gasteiger partial charge < -0.3 is 32.8 Å². The average Bonchev–Trinajstić information content (AvgIpc) is 3.07. The normalized spacial score (nSPS) is 25.5. The lowest BCUT2D eigenvalue weighted by atomic mass is 9.68. The molecule has 3 fully saturated rings. The number of ether oxygens (including phenoxy) is 6. The SMILES string of the molecule is CCOC(=O)CC1[C@H]2[C@@H](OCc3ccc(OC)cc3)O[C@@H]([C@@H](OCc3ccccc3)[C@@H]2OCc2ccccc2)[C@H]1O[Si](C)(C)C(C)(C)C. The van der Waals surface area contributed by atoms with E-state index in [1.807, 2.05) is 67.6 Å². The molecule has 2 aliphatic heterocycles.